The van der Waals surface area contributed by atoms with Crippen LogP contribution in [0.15, 0.2) is 30.3 Å². The van der Waals surface area contributed by atoms with Crippen molar-refractivity contribution in [2.24, 2.45) is 5.41 Å². The maximum Gasteiger partial charge on any atom is 0.133 e. The molecule has 104 valence electrons. The molecule has 2 rings (SSSR count). The van der Waals surface area contributed by atoms with Gasteiger partial charge in [-0.2, -0.15) is 0 Å². The van der Waals surface area contributed by atoms with Crippen molar-refractivity contribution >= 4 is 5.78 Å². The summed E-state index contributed by atoms with van der Waals surface area (Å²) >= 11 is 0. The molecule has 0 aromatic heterocycles. The first-order valence-corrected chi connectivity index (χ1v) is 7.80. The number of rotatable bonds is 6. The third kappa shape index (κ3) is 4.19. The molecule has 0 N–H and O–H groups in total. The number of unbranched alkanes of at least 4 members (excludes halogenated alkanes) is 1. The SMILES string of the molecule is CC[C@@]1(CCCCc2ccccc2)CCCC(=O)C1. The Hall–Kier alpha value is -1.11. The van der Waals surface area contributed by atoms with Gasteiger partial charge in [0.1, 0.15) is 5.78 Å². The number of aryl methyl sites for hydroxylation is 1. The average Bonchev–Trinajstić information content (AvgIpc) is 2.45. The minimum atomic E-state index is 0.339. The molecule has 0 spiro atoms. The predicted molar refractivity (Wildman–Crippen MR) is 80.2 cm³/mol. The van der Waals surface area contributed by atoms with E-state index in [1.807, 2.05) is 0 Å². The standard InChI is InChI=1S/C18H26O/c1-2-18(14-8-12-17(19)15-18)13-7-6-11-16-9-4-3-5-10-16/h3-5,9-10H,2,6-8,11-15H2,1H3/t18-/m1/s1. The second kappa shape index (κ2) is 6.88. The van der Waals surface area contributed by atoms with Crippen LogP contribution in [0.4, 0.5) is 0 Å². The molecule has 0 heterocycles. The molecule has 0 radical (unpaired) electrons. The molecular formula is C18H26O. The summed E-state index contributed by atoms with van der Waals surface area (Å²) in [7, 11) is 0. The highest BCUT2D eigenvalue weighted by molar-refractivity contribution is 5.79. The molecule has 19 heavy (non-hydrogen) atoms. The summed E-state index contributed by atoms with van der Waals surface area (Å²) in [6, 6.07) is 10.7. The smallest absolute Gasteiger partial charge is 0.133 e. The van der Waals surface area contributed by atoms with E-state index >= 15 is 0 Å². The van der Waals surface area contributed by atoms with Crippen molar-refractivity contribution in [2.75, 3.05) is 0 Å². The van der Waals surface area contributed by atoms with Gasteiger partial charge in [0.2, 0.25) is 0 Å². The van der Waals surface area contributed by atoms with Gasteiger partial charge in [0.25, 0.3) is 0 Å². The molecule has 1 atom stereocenters. The molecule has 0 aliphatic heterocycles. The minimum absolute atomic E-state index is 0.339. The van der Waals surface area contributed by atoms with Crippen LogP contribution in [0.3, 0.4) is 0 Å². The molecule has 1 aliphatic carbocycles. The molecule has 0 bridgehead atoms. The van der Waals surface area contributed by atoms with Gasteiger partial charge >= 0.3 is 0 Å². The van der Waals surface area contributed by atoms with Crippen molar-refractivity contribution < 1.29 is 4.79 Å². The van der Waals surface area contributed by atoms with E-state index in [1.165, 1.54) is 44.1 Å². The zero-order chi connectivity index (χ0) is 13.6. The third-order valence-corrected chi connectivity index (χ3v) is 4.75. The summed E-state index contributed by atoms with van der Waals surface area (Å²) in [6.07, 6.45) is 10.1. The Bertz CT molecular complexity index is 395. The lowest BCUT2D eigenvalue weighted by Crippen LogP contribution is -2.28. The molecule has 1 fully saturated rings. The highest BCUT2D eigenvalue weighted by Crippen LogP contribution is 2.41. The molecule has 0 amide bonds. The summed E-state index contributed by atoms with van der Waals surface area (Å²) in [4.78, 5) is 11.7. The van der Waals surface area contributed by atoms with Crippen LogP contribution in [0, 0.1) is 5.41 Å². The van der Waals surface area contributed by atoms with Crippen molar-refractivity contribution in [3.05, 3.63) is 35.9 Å². The maximum atomic E-state index is 11.7. The van der Waals surface area contributed by atoms with Gasteiger partial charge in [-0.05, 0) is 43.1 Å². The van der Waals surface area contributed by atoms with Gasteiger partial charge in [-0.25, -0.2) is 0 Å². The topological polar surface area (TPSA) is 17.1 Å². The largest absolute Gasteiger partial charge is 0.300 e. The first-order valence-electron chi connectivity index (χ1n) is 7.80. The molecule has 1 aromatic rings. The second-order valence-corrected chi connectivity index (χ2v) is 6.12. The quantitative estimate of drug-likeness (QED) is 0.661. The summed E-state index contributed by atoms with van der Waals surface area (Å²) in [6.45, 7) is 2.26. The number of hydrogen-bond acceptors (Lipinski definition) is 1. The van der Waals surface area contributed by atoms with Crippen LogP contribution < -0.4 is 0 Å². The monoisotopic (exact) mass is 258 g/mol. The Kier molecular flexibility index (Phi) is 5.18. The number of Topliss-reactive ketones (excluding diaryl/α,β-unsaturated/α-hetero) is 1. The van der Waals surface area contributed by atoms with Crippen LogP contribution in [-0.4, -0.2) is 5.78 Å². The normalized spacial score (nSPS) is 23.5. The molecule has 1 aromatic carbocycles. The van der Waals surface area contributed by atoms with Crippen LogP contribution in [0.1, 0.15) is 63.9 Å². The van der Waals surface area contributed by atoms with Gasteiger partial charge < -0.3 is 0 Å². The Balaban J connectivity index is 1.76. The first kappa shape index (κ1) is 14.3. The lowest BCUT2D eigenvalue weighted by molar-refractivity contribution is -0.124. The zero-order valence-corrected chi connectivity index (χ0v) is 12.2. The lowest BCUT2D eigenvalue weighted by atomic mass is 9.69. The van der Waals surface area contributed by atoms with Gasteiger partial charge in [-0.3, -0.25) is 4.79 Å². The van der Waals surface area contributed by atoms with Gasteiger partial charge in [0, 0.05) is 12.8 Å². The van der Waals surface area contributed by atoms with Gasteiger partial charge in [-0.15, -0.1) is 0 Å². The predicted octanol–water partition coefficient (Wildman–Crippen LogP) is 4.94. The van der Waals surface area contributed by atoms with Crippen LogP contribution in [0.5, 0.6) is 0 Å². The fourth-order valence-electron chi connectivity index (χ4n) is 3.42. The molecule has 1 saturated carbocycles. The lowest BCUT2D eigenvalue weighted by Gasteiger charge is -2.35. The van der Waals surface area contributed by atoms with Crippen LogP contribution >= 0.6 is 0 Å². The van der Waals surface area contributed by atoms with Crippen molar-refractivity contribution in [3.63, 3.8) is 0 Å². The molecule has 1 heteroatoms. The van der Waals surface area contributed by atoms with Crippen molar-refractivity contribution in [3.8, 4) is 0 Å². The Morgan fingerprint density at radius 3 is 2.63 bits per heavy atom. The minimum Gasteiger partial charge on any atom is -0.300 e. The van der Waals surface area contributed by atoms with E-state index in [0.717, 1.165) is 19.3 Å². The van der Waals surface area contributed by atoms with Crippen LogP contribution in [0.2, 0.25) is 0 Å². The number of carbonyl (C=O) groups is 1. The molecular weight excluding hydrogens is 232 g/mol. The van der Waals surface area contributed by atoms with E-state index in [1.54, 1.807) is 0 Å². The molecule has 1 nitrogen and oxygen atoms in total. The van der Waals surface area contributed by atoms with E-state index in [9.17, 15) is 4.79 Å². The van der Waals surface area contributed by atoms with Crippen molar-refractivity contribution in [1.82, 2.24) is 0 Å². The van der Waals surface area contributed by atoms with E-state index in [2.05, 4.69) is 37.3 Å². The second-order valence-electron chi connectivity index (χ2n) is 6.12. The highest BCUT2D eigenvalue weighted by atomic mass is 16.1. The fraction of sp³-hybridized carbons (Fsp3) is 0.611. The number of hydrogen-bond donors (Lipinski definition) is 0. The third-order valence-electron chi connectivity index (χ3n) is 4.75. The van der Waals surface area contributed by atoms with Crippen molar-refractivity contribution in [2.45, 2.75) is 64.7 Å². The van der Waals surface area contributed by atoms with Crippen LogP contribution in [0.25, 0.3) is 0 Å². The van der Waals surface area contributed by atoms with Gasteiger partial charge in [-0.1, -0.05) is 50.1 Å². The number of ketones is 1. The van der Waals surface area contributed by atoms with E-state index in [4.69, 9.17) is 0 Å². The Morgan fingerprint density at radius 2 is 1.95 bits per heavy atom. The average molecular weight is 258 g/mol. The highest BCUT2D eigenvalue weighted by Gasteiger charge is 2.33. The maximum absolute atomic E-state index is 11.7. The Labute approximate surface area is 117 Å². The van der Waals surface area contributed by atoms with Gasteiger partial charge in [0.05, 0.1) is 0 Å². The summed E-state index contributed by atoms with van der Waals surface area (Å²) in [5.74, 6) is 0.496. The molecule has 1 aliphatic rings. The summed E-state index contributed by atoms with van der Waals surface area (Å²) < 4.78 is 0. The van der Waals surface area contributed by atoms with Gasteiger partial charge in [0.15, 0.2) is 0 Å². The van der Waals surface area contributed by atoms with E-state index in [0.29, 0.717) is 11.2 Å². The van der Waals surface area contributed by atoms with Crippen molar-refractivity contribution in [1.29, 1.82) is 0 Å². The van der Waals surface area contributed by atoms with E-state index < -0.39 is 0 Å². The summed E-state index contributed by atoms with van der Waals surface area (Å²) in [5.41, 5.74) is 1.78. The number of carbonyl (C=O) groups excluding carboxylic acids is 1. The summed E-state index contributed by atoms with van der Waals surface area (Å²) in [5, 5.41) is 0. The van der Waals surface area contributed by atoms with E-state index in [-0.39, 0.29) is 0 Å². The molecule has 0 saturated heterocycles. The van der Waals surface area contributed by atoms with Crippen LogP contribution in [-0.2, 0) is 11.2 Å². The molecule has 0 unspecified atom stereocenters. The zero-order valence-electron chi connectivity index (χ0n) is 12.2. The Morgan fingerprint density at radius 1 is 1.16 bits per heavy atom. The fourth-order valence-corrected chi connectivity index (χ4v) is 3.42. The number of benzene rings is 1. The first-order chi connectivity index (χ1) is 9.24.